The van der Waals surface area contributed by atoms with Crippen molar-refractivity contribution in [2.45, 2.75) is 6.54 Å². The third kappa shape index (κ3) is 3.19. The SMILES string of the molecule is O=C(NCc1ccccc1)c1cc2c([nH]1)N(c1cccc(O)c1)CC=C2. The monoisotopic (exact) mass is 345 g/mol. The van der Waals surface area contributed by atoms with Crippen LogP contribution in [0.2, 0.25) is 0 Å². The number of phenols is 1. The number of aromatic nitrogens is 1. The van der Waals surface area contributed by atoms with Crippen LogP contribution in [0.3, 0.4) is 0 Å². The fourth-order valence-corrected chi connectivity index (χ4v) is 3.08. The Kier molecular flexibility index (Phi) is 4.19. The number of hydrogen-bond donors (Lipinski definition) is 3. The Hall–Kier alpha value is -3.47. The van der Waals surface area contributed by atoms with E-state index in [-0.39, 0.29) is 11.7 Å². The summed E-state index contributed by atoms with van der Waals surface area (Å²) in [7, 11) is 0. The van der Waals surface area contributed by atoms with E-state index in [1.165, 1.54) is 0 Å². The van der Waals surface area contributed by atoms with Gasteiger partial charge in [-0.2, -0.15) is 0 Å². The number of aromatic amines is 1. The van der Waals surface area contributed by atoms with Gasteiger partial charge in [0.2, 0.25) is 0 Å². The Labute approximate surface area is 151 Å². The standard InChI is InChI=1S/C21H19N3O2/c25-18-10-4-9-17(13-18)24-11-5-8-16-12-19(23-20(16)24)21(26)22-14-15-6-2-1-3-7-15/h1-10,12-13,23,25H,11,14H2,(H,22,26). The molecule has 130 valence electrons. The van der Waals surface area contributed by atoms with Crippen molar-refractivity contribution < 1.29 is 9.90 Å². The number of nitrogens with zero attached hydrogens (tertiary/aromatic N) is 1. The number of amides is 1. The molecule has 1 aliphatic heterocycles. The van der Waals surface area contributed by atoms with E-state index in [1.54, 1.807) is 18.2 Å². The van der Waals surface area contributed by atoms with Crippen LogP contribution >= 0.6 is 0 Å². The summed E-state index contributed by atoms with van der Waals surface area (Å²) in [6, 6.07) is 18.7. The minimum Gasteiger partial charge on any atom is -0.508 e. The van der Waals surface area contributed by atoms with Crippen molar-refractivity contribution in [3.63, 3.8) is 0 Å². The van der Waals surface area contributed by atoms with E-state index in [0.29, 0.717) is 18.8 Å². The van der Waals surface area contributed by atoms with Gasteiger partial charge < -0.3 is 20.3 Å². The summed E-state index contributed by atoms with van der Waals surface area (Å²) >= 11 is 0. The highest BCUT2D eigenvalue weighted by Gasteiger charge is 2.20. The number of hydrogen-bond acceptors (Lipinski definition) is 3. The van der Waals surface area contributed by atoms with Crippen LogP contribution in [0.4, 0.5) is 11.5 Å². The van der Waals surface area contributed by atoms with Crippen molar-refractivity contribution in [1.29, 1.82) is 0 Å². The summed E-state index contributed by atoms with van der Waals surface area (Å²) in [6.07, 6.45) is 4.03. The predicted molar refractivity (Wildman–Crippen MR) is 103 cm³/mol. The molecule has 0 fully saturated rings. The van der Waals surface area contributed by atoms with Gasteiger partial charge in [0.25, 0.3) is 5.91 Å². The zero-order chi connectivity index (χ0) is 17.9. The molecule has 5 heteroatoms. The predicted octanol–water partition coefficient (Wildman–Crippen LogP) is 3.82. The number of rotatable bonds is 4. The minimum atomic E-state index is -0.146. The van der Waals surface area contributed by atoms with Gasteiger partial charge in [0.15, 0.2) is 0 Å². The van der Waals surface area contributed by atoms with E-state index in [2.05, 4.69) is 10.3 Å². The van der Waals surface area contributed by atoms with Crippen molar-refractivity contribution in [1.82, 2.24) is 10.3 Å². The zero-order valence-electron chi connectivity index (χ0n) is 14.1. The average molecular weight is 345 g/mol. The van der Waals surface area contributed by atoms with E-state index in [4.69, 9.17) is 0 Å². The number of nitrogens with one attached hydrogen (secondary N) is 2. The number of H-pyrrole nitrogens is 1. The van der Waals surface area contributed by atoms with Crippen molar-refractivity contribution in [2.75, 3.05) is 11.4 Å². The molecule has 0 saturated heterocycles. The Morgan fingerprint density at radius 2 is 1.96 bits per heavy atom. The van der Waals surface area contributed by atoms with E-state index in [1.807, 2.05) is 59.5 Å². The first-order valence-corrected chi connectivity index (χ1v) is 8.49. The highest BCUT2D eigenvalue weighted by molar-refractivity contribution is 5.95. The second kappa shape index (κ2) is 6.80. The molecule has 0 atom stereocenters. The molecule has 1 amide bonds. The summed E-state index contributed by atoms with van der Waals surface area (Å²) in [6.45, 7) is 1.15. The fourth-order valence-electron chi connectivity index (χ4n) is 3.08. The van der Waals surface area contributed by atoms with Gasteiger partial charge >= 0.3 is 0 Å². The lowest BCUT2D eigenvalue weighted by Gasteiger charge is -2.25. The van der Waals surface area contributed by atoms with Crippen molar-refractivity contribution in [3.8, 4) is 5.75 Å². The maximum atomic E-state index is 12.5. The lowest BCUT2D eigenvalue weighted by Crippen LogP contribution is -2.23. The highest BCUT2D eigenvalue weighted by atomic mass is 16.3. The van der Waals surface area contributed by atoms with Crippen molar-refractivity contribution in [2.24, 2.45) is 0 Å². The van der Waals surface area contributed by atoms with Crippen LogP contribution in [0.15, 0.2) is 66.7 Å². The molecular weight excluding hydrogens is 326 g/mol. The summed E-state index contributed by atoms with van der Waals surface area (Å²) in [5, 5.41) is 12.7. The fraction of sp³-hybridized carbons (Fsp3) is 0.0952. The van der Waals surface area contributed by atoms with Crippen LogP contribution in [0.1, 0.15) is 21.6 Å². The Bertz CT molecular complexity index is 960. The number of phenolic OH excluding ortho intramolecular Hbond substituents is 1. The van der Waals surface area contributed by atoms with Crippen LogP contribution < -0.4 is 10.2 Å². The molecule has 3 N–H and O–H groups in total. The average Bonchev–Trinajstić information content (AvgIpc) is 3.11. The normalized spacial score (nSPS) is 12.7. The molecule has 0 unspecified atom stereocenters. The molecule has 0 spiro atoms. The van der Waals surface area contributed by atoms with Crippen LogP contribution in [0, 0.1) is 0 Å². The molecule has 4 rings (SSSR count). The Balaban J connectivity index is 1.55. The van der Waals surface area contributed by atoms with Crippen LogP contribution in [-0.4, -0.2) is 22.5 Å². The molecule has 0 aliphatic carbocycles. The van der Waals surface area contributed by atoms with Crippen LogP contribution in [-0.2, 0) is 6.54 Å². The second-order valence-corrected chi connectivity index (χ2v) is 6.19. The van der Waals surface area contributed by atoms with E-state index < -0.39 is 0 Å². The first-order chi connectivity index (χ1) is 12.7. The van der Waals surface area contributed by atoms with Gasteiger partial charge in [0.1, 0.15) is 17.3 Å². The van der Waals surface area contributed by atoms with E-state index >= 15 is 0 Å². The largest absolute Gasteiger partial charge is 0.508 e. The molecule has 0 bridgehead atoms. The quantitative estimate of drug-likeness (QED) is 0.673. The van der Waals surface area contributed by atoms with Gasteiger partial charge in [0, 0.05) is 30.4 Å². The second-order valence-electron chi connectivity index (χ2n) is 6.19. The molecule has 5 nitrogen and oxygen atoms in total. The van der Waals surface area contributed by atoms with E-state index in [0.717, 1.165) is 22.6 Å². The smallest absolute Gasteiger partial charge is 0.268 e. The minimum absolute atomic E-state index is 0.146. The number of carbonyl (C=O) groups excluding carboxylic acids is 1. The molecule has 26 heavy (non-hydrogen) atoms. The summed E-state index contributed by atoms with van der Waals surface area (Å²) in [5.74, 6) is 0.918. The van der Waals surface area contributed by atoms with Crippen LogP contribution in [0.5, 0.6) is 5.75 Å². The topological polar surface area (TPSA) is 68.4 Å². The van der Waals surface area contributed by atoms with Crippen LogP contribution in [0.25, 0.3) is 6.08 Å². The third-order valence-electron chi connectivity index (χ3n) is 4.36. The van der Waals surface area contributed by atoms with Crippen molar-refractivity contribution >= 4 is 23.5 Å². The molecule has 2 heterocycles. The third-order valence-corrected chi connectivity index (χ3v) is 4.36. The van der Waals surface area contributed by atoms with Gasteiger partial charge in [0.05, 0.1) is 0 Å². The molecule has 2 aromatic carbocycles. The van der Waals surface area contributed by atoms with Gasteiger partial charge in [-0.3, -0.25) is 4.79 Å². The molecule has 3 aromatic rings. The summed E-state index contributed by atoms with van der Waals surface area (Å²) in [5.41, 5.74) is 3.39. The molecule has 0 radical (unpaired) electrons. The highest BCUT2D eigenvalue weighted by Crippen LogP contribution is 2.33. The van der Waals surface area contributed by atoms with Gasteiger partial charge in [-0.05, 0) is 23.8 Å². The first-order valence-electron chi connectivity index (χ1n) is 8.49. The number of fused-ring (bicyclic) bond motifs is 1. The van der Waals surface area contributed by atoms with Gasteiger partial charge in [-0.25, -0.2) is 0 Å². The zero-order valence-corrected chi connectivity index (χ0v) is 14.1. The lowest BCUT2D eigenvalue weighted by atomic mass is 10.1. The maximum Gasteiger partial charge on any atom is 0.268 e. The van der Waals surface area contributed by atoms with Gasteiger partial charge in [-0.15, -0.1) is 0 Å². The molecule has 0 saturated carbocycles. The number of anilines is 2. The van der Waals surface area contributed by atoms with Gasteiger partial charge in [-0.1, -0.05) is 48.6 Å². The maximum absolute atomic E-state index is 12.5. The summed E-state index contributed by atoms with van der Waals surface area (Å²) in [4.78, 5) is 17.8. The number of carbonyl (C=O) groups is 1. The number of aromatic hydroxyl groups is 1. The van der Waals surface area contributed by atoms with E-state index in [9.17, 15) is 9.90 Å². The van der Waals surface area contributed by atoms with Crippen molar-refractivity contribution in [3.05, 3.63) is 83.6 Å². The first kappa shape index (κ1) is 16.0. The molecular formula is C21H19N3O2. The Morgan fingerprint density at radius 3 is 2.77 bits per heavy atom. The lowest BCUT2D eigenvalue weighted by molar-refractivity contribution is 0.0946. The summed E-state index contributed by atoms with van der Waals surface area (Å²) < 4.78 is 0. The Morgan fingerprint density at radius 1 is 1.12 bits per heavy atom. The molecule has 1 aliphatic rings. The molecule has 1 aromatic heterocycles. The number of benzene rings is 2.